The number of nitrogens with one attached hydrogen (secondary N) is 1. The molecule has 0 amide bonds. The lowest BCUT2D eigenvalue weighted by Crippen LogP contribution is -1.97. The maximum atomic E-state index is 10.7. The summed E-state index contributed by atoms with van der Waals surface area (Å²) in [6, 6.07) is 4.11. The van der Waals surface area contributed by atoms with Gasteiger partial charge in [-0.05, 0) is 18.2 Å². The van der Waals surface area contributed by atoms with E-state index >= 15 is 0 Å². The van der Waals surface area contributed by atoms with E-state index in [0.717, 1.165) is 0 Å². The maximum Gasteiger partial charge on any atom is 0.357 e. The quantitative estimate of drug-likeness (QED) is 0.678. The van der Waals surface area contributed by atoms with Crippen molar-refractivity contribution in [3.63, 3.8) is 0 Å². The van der Waals surface area contributed by atoms with Crippen LogP contribution in [0.4, 0.5) is 0 Å². The van der Waals surface area contributed by atoms with Crippen molar-refractivity contribution < 1.29 is 19.8 Å². The van der Waals surface area contributed by atoms with E-state index < -0.39 is 11.9 Å². The fraction of sp³-hybridized carbons (Fsp3) is 0. The van der Waals surface area contributed by atoms with Gasteiger partial charge in [-0.1, -0.05) is 0 Å². The number of aromatic amines is 1. The van der Waals surface area contributed by atoms with Gasteiger partial charge in [0.2, 0.25) is 0 Å². The molecule has 76 valence electrons. The van der Waals surface area contributed by atoms with Gasteiger partial charge in [0.05, 0.1) is 11.1 Å². The fourth-order valence-corrected chi connectivity index (χ4v) is 1.32. The van der Waals surface area contributed by atoms with Gasteiger partial charge >= 0.3 is 11.9 Å². The monoisotopic (exact) mass is 206 g/mol. The molecule has 6 heteroatoms. The van der Waals surface area contributed by atoms with E-state index in [2.05, 4.69) is 10.2 Å². The highest BCUT2D eigenvalue weighted by molar-refractivity contribution is 6.02. The average molecular weight is 206 g/mol. The van der Waals surface area contributed by atoms with Crippen molar-refractivity contribution in [2.75, 3.05) is 0 Å². The molecule has 0 saturated carbocycles. The van der Waals surface area contributed by atoms with Crippen LogP contribution in [0.5, 0.6) is 0 Å². The SMILES string of the molecule is O=C(O)c1ccc2c(C(=O)O)n[nH]c2c1. The number of fused-ring (bicyclic) bond motifs is 1. The zero-order chi connectivity index (χ0) is 11.0. The molecule has 0 bridgehead atoms. The minimum Gasteiger partial charge on any atom is -0.478 e. The van der Waals surface area contributed by atoms with Crippen molar-refractivity contribution in [3.8, 4) is 0 Å². The molecule has 3 N–H and O–H groups in total. The van der Waals surface area contributed by atoms with Crippen LogP contribution in [0.15, 0.2) is 18.2 Å². The van der Waals surface area contributed by atoms with E-state index in [9.17, 15) is 9.59 Å². The molecule has 0 radical (unpaired) electrons. The molecule has 0 fully saturated rings. The molecule has 0 atom stereocenters. The summed E-state index contributed by atoms with van der Waals surface area (Å²) in [7, 11) is 0. The summed E-state index contributed by atoms with van der Waals surface area (Å²) in [5.74, 6) is -2.22. The zero-order valence-electron chi connectivity index (χ0n) is 7.39. The number of hydrogen-bond donors (Lipinski definition) is 3. The Kier molecular flexibility index (Phi) is 1.89. The Bertz CT molecular complexity index is 558. The van der Waals surface area contributed by atoms with Gasteiger partial charge in [-0.3, -0.25) is 5.10 Å². The van der Waals surface area contributed by atoms with Gasteiger partial charge in [-0.2, -0.15) is 5.10 Å². The minimum atomic E-state index is -1.15. The van der Waals surface area contributed by atoms with Crippen LogP contribution in [0.2, 0.25) is 0 Å². The Morgan fingerprint density at radius 1 is 1.20 bits per heavy atom. The second-order valence-electron chi connectivity index (χ2n) is 2.94. The van der Waals surface area contributed by atoms with Crippen molar-refractivity contribution in [1.82, 2.24) is 10.2 Å². The van der Waals surface area contributed by atoms with Crippen molar-refractivity contribution in [2.45, 2.75) is 0 Å². The van der Waals surface area contributed by atoms with Crippen LogP contribution < -0.4 is 0 Å². The Labute approximate surface area is 83.2 Å². The first-order valence-corrected chi connectivity index (χ1v) is 4.04. The number of carbonyl (C=O) groups is 2. The molecular weight excluding hydrogens is 200 g/mol. The Hall–Kier alpha value is -2.37. The molecule has 0 aliphatic carbocycles. The number of aromatic nitrogens is 2. The van der Waals surface area contributed by atoms with E-state index in [1.54, 1.807) is 0 Å². The number of benzene rings is 1. The smallest absolute Gasteiger partial charge is 0.357 e. The van der Waals surface area contributed by atoms with Crippen LogP contribution in [-0.2, 0) is 0 Å². The number of nitrogens with zero attached hydrogens (tertiary/aromatic N) is 1. The molecular formula is C9H6N2O4. The molecule has 0 spiro atoms. The van der Waals surface area contributed by atoms with Crippen LogP contribution in [0.3, 0.4) is 0 Å². The first-order chi connectivity index (χ1) is 7.09. The van der Waals surface area contributed by atoms with E-state index in [4.69, 9.17) is 10.2 Å². The molecule has 1 heterocycles. The van der Waals surface area contributed by atoms with Crippen molar-refractivity contribution in [2.24, 2.45) is 0 Å². The van der Waals surface area contributed by atoms with E-state index in [1.807, 2.05) is 0 Å². The zero-order valence-corrected chi connectivity index (χ0v) is 7.39. The molecule has 1 aromatic heterocycles. The molecule has 0 aliphatic rings. The number of carboxylic acid groups (broad SMARTS) is 2. The summed E-state index contributed by atoms with van der Waals surface area (Å²) >= 11 is 0. The molecule has 0 aliphatic heterocycles. The van der Waals surface area contributed by atoms with E-state index in [0.29, 0.717) is 10.9 Å². The van der Waals surface area contributed by atoms with Crippen LogP contribution in [0, 0.1) is 0 Å². The third-order valence-corrected chi connectivity index (χ3v) is 2.01. The summed E-state index contributed by atoms with van der Waals surface area (Å²) in [6.45, 7) is 0. The van der Waals surface area contributed by atoms with E-state index in [1.165, 1.54) is 18.2 Å². The van der Waals surface area contributed by atoms with Gasteiger partial charge in [0.15, 0.2) is 5.69 Å². The van der Waals surface area contributed by atoms with Gasteiger partial charge in [0.25, 0.3) is 0 Å². The minimum absolute atomic E-state index is 0.0862. The summed E-state index contributed by atoms with van der Waals surface area (Å²) in [4.78, 5) is 21.3. The highest BCUT2D eigenvalue weighted by Crippen LogP contribution is 2.17. The lowest BCUT2D eigenvalue weighted by atomic mass is 10.1. The number of aromatic carboxylic acids is 2. The lowest BCUT2D eigenvalue weighted by molar-refractivity contribution is 0.0684. The normalized spacial score (nSPS) is 10.4. The van der Waals surface area contributed by atoms with Crippen LogP contribution in [-0.4, -0.2) is 32.3 Å². The molecule has 0 saturated heterocycles. The Morgan fingerprint density at radius 2 is 1.93 bits per heavy atom. The second kappa shape index (κ2) is 3.09. The van der Waals surface area contributed by atoms with E-state index in [-0.39, 0.29) is 11.3 Å². The molecule has 1 aromatic carbocycles. The van der Waals surface area contributed by atoms with Crippen LogP contribution in [0.25, 0.3) is 10.9 Å². The predicted octanol–water partition coefficient (Wildman–Crippen LogP) is 0.959. The first kappa shape index (κ1) is 9.20. The summed E-state index contributed by atoms with van der Waals surface area (Å²) < 4.78 is 0. The third kappa shape index (κ3) is 1.41. The average Bonchev–Trinajstić information content (AvgIpc) is 2.59. The molecule has 2 rings (SSSR count). The number of H-pyrrole nitrogens is 1. The molecule has 15 heavy (non-hydrogen) atoms. The van der Waals surface area contributed by atoms with Gasteiger partial charge < -0.3 is 10.2 Å². The number of carboxylic acids is 2. The predicted molar refractivity (Wildman–Crippen MR) is 50.0 cm³/mol. The molecule has 0 unspecified atom stereocenters. The number of hydrogen-bond acceptors (Lipinski definition) is 3. The van der Waals surface area contributed by atoms with Gasteiger partial charge in [-0.15, -0.1) is 0 Å². The first-order valence-electron chi connectivity index (χ1n) is 4.04. The summed E-state index contributed by atoms with van der Waals surface area (Å²) in [6.07, 6.45) is 0. The second-order valence-corrected chi connectivity index (χ2v) is 2.94. The van der Waals surface area contributed by atoms with Crippen molar-refractivity contribution in [3.05, 3.63) is 29.5 Å². The van der Waals surface area contributed by atoms with Crippen LogP contribution >= 0.6 is 0 Å². The topological polar surface area (TPSA) is 103 Å². The standard InChI is InChI=1S/C9H6N2O4/c12-8(13)4-1-2-5-6(3-4)10-11-7(5)9(14)15/h1-3H,(H,10,11)(H,12,13)(H,14,15). The Morgan fingerprint density at radius 3 is 2.53 bits per heavy atom. The van der Waals surface area contributed by atoms with Gasteiger partial charge in [0, 0.05) is 5.39 Å². The Balaban J connectivity index is 2.66. The van der Waals surface area contributed by atoms with Crippen molar-refractivity contribution >= 4 is 22.8 Å². The molecule has 2 aromatic rings. The lowest BCUT2D eigenvalue weighted by Gasteiger charge is -1.94. The fourth-order valence-electron chi connectivity index (χ4n) is 1.32. The largest absolute Gasteiger partial charge is 0.478 e. The highest BCUT2D eigenvalue weighted by atomic mass is 16.4. The van der Waals surface area contributed by atoms with Gasteiger partial charge in [0.1, 0.15) is 0 Å². The highest BCUT2D eigenvalue weighted by Gasteiger charge is 2.13. The number of rotatable bonds is 2. The van der Waals surface area contributed by atoms with Crippen LogP contribution in [0.1, 0.15) is 20.8 Å². The maximum absolute atomic E-state index is 10.7. The third-order valence-electron chi connectivity index (χ3n) is 2.01. The summed E-state index contributed by atoms with van der Waals surface area (Å²) in [5, 5.41) is 23.9. The summed E-state index contributed by atoms with van der Waals surface area (Å²) in [5.41, 5.74) is 0.373. The van der Waals surface area contributed by atoms with Gasteiger partial charge in [-0.25, -0.2) is 9.59 Å². The van der Waals surface area contributed by atoms with Crippen molar-refractivity contribution in [1.29, 1.82) is 0 Å². The molecule has 6 nitrogen and oxygen atoms in total.